The van der Waals surface area contributed by atoms with Gasteiger partial charge in [0.05, 0.1) is 0 Å². The Labute approximate surface area is 153 Å². The Balaban J connectivity index is 1.50. The summed E-state index contributed by atoms with van der Waals surface area (Å²) in [6.07, 6.45) is 1.34. The summed E-state index contributed by atoms with van der Waals surface area (Å²) in [6, 6.07) is 32.8. The lowest BCUT2D eigenvalue weighted by Crippen LogP contribution is -2.03. The Morgan fingerprint density at radius 1 is 0.615 bits per heavy atom. The highest BCUT2D eigenvalue weighted by molar-refractivity contribution is 5.97. The van der Waals surface area contributed by atoms with Crippen LogP contribution in [0.25, 0.3) is 10.8 Å². The number of hydrogen-bond donors (Lipinski definition) is 0. The van der Waals surface area contributed by atoms with Crippen LogP contribution < -0.4 is 0 Å². The normalized spacial score (nSPS) is 10.8. The molecule has 0 aliphatic carbocycles. The van der Waals surface area contributed by atoms with Gasteiger partial charge in [-0.2, -0.15) is 0 Å². The summed E-state index contributed by atoms with van der Waals surface area (Å²) in [4.78, 5) is 12.3. The van der Waals surface area contributed by atoms with Crippen molar-refractivity contribution in [2.24, 2.45) is 0 Å². The van der Waals surface area contributed by atoms with Gasteiger partial charge in [0.2, 0.25) is 0 Å². The standard InChI is InChI=1S/C25H20O/c26-25(22-8-2-1-3-9-22)18-20-15-13-19(14-16-20)17-23-11-6-10-21-7-4-5-12-24(21)23/h1-16H,17-18H2. The average molecular weight is 336 g/mol. The van der Waals surface area contributed by atoms with E-state index < -0.39 is 0 Å². The molecule has 0 unspecified atom stereocenters. The van der Waals surface area contributed by atoms with Crippen LogP contribution in [0.15, 0.2) is 97.1 Å². The number of ketones is 1. The fourth-order valence-corrected chi connectivity index (χ4v) is 3.35. The topological polar surface area (TPSA) is 17.1 Å². The minimum Gasteiger partial charge on any atom is -0.294 e. The zero-order chi connectivity index (χ0) is 17.8. The van der Waals surface area contributed by atoms with Gasteiger partial charge in [-0.3, -0.25) is 4.79 Å². The van der Waals surface area contributed by atoms with Crippen molar-refractivity contribution in [3.8, 4) is 0 Å². The van der Waals surface area contributed by atoms with E-state index in [1.807, 2.05) is 30.3 Å². The number of benzene rings is 4. The molecule has 4 aromatic rings. The molecule has 0 amide bonds. The van der Waals surface area contributed by atoms with Crippen molar-refractivity contribution >= 4 is 16.6 Å². The summed E-state index contributed by atoms with van der Waals surface area (Å²) in [5.41, 5.74) is 4.42. The lowest BCUT2D eigenvalue weighted by Gasteiger charge is -2.08. The number of fused-ring (bicyclic) bond motifs is 1. The highest BCUT2D eigenvalue weighted by atomic mass is 16.1. The molecule has 1 nitrogen and oxygen atoms in total. The van der Waals surface area contributed by atoms with Gasteiger partial charge in [0, 0.05) is 12.0 Å². The van der Waals surface area contributed by atoms with Crippen molar-refractivity contribution in [2.75, 3.05) is 0 Å². The van der Waals surface area contributed by atoms with Crippen molar-refractivity contribution in [1.82, 2.24) is 0 Å². The molecule has 0 bridgehead atoms. The van der Waals surface area contributed by atoms with Gasteiger partial charge in [-0.25, -0.2) is 0 Å². The van der Waals surface area contributed by atoms with Crippen LogP contribution in [0.3, 0.4) is 0 Å². The van der Waals surface area contributed by atoms with Gasteiger partial charge in [0.25, 0.3) is 0 Å². The lowest BCUT2D eigenvalue weighted by molar-refractivity contribution is 0.0993. The van der Waals surface area contributed by atoms with Crippen molar-refractivity contribution in [3.05, 3.63) is 119 Å². The molecule has 4 aromatic carbocycles. The van der Waals surface area contributed by atoms with E-state index in [1.54, 1.807) is 0 Å². The second-order valence-corrected chi connectivity index (χ2v) is 6.60. The summed E-state index contributed by atoms with van der Waals surface area (Å²) in [5, 5.41) is 2.58. The van der Waals surface area contributed by atoms with Crippen LogP contribution in [0.4, 0.5) is 0 Å². The molecule has 1 heteroatoms. The average Bonchev–Trinajstić information content (AvgIpc) is 2.70. The summed E-state index contributed by atoms with van der Waals surface area (Å²) >= 11 is 0. The van der Waals surface area contributed by atoms with Gasteiger partial charge in [0.15, 0.2) is 5.78 Å². The highest BCUT2D eigenvalue weighted by Crippen LogP contribution is 2.21. The third-order valence-electron chi connectivity index (χ3n) is 4.76. The number of rotatable bonds is 5. The molecule has 26 heavy (non-hydrogen) atoms. The summed E-state index contributed by atoms with van der Waals surface area (Å²) in [6.45, 7) is 0. The summed E-state index contributed by atoms with van der Waals surface area (Å²) in [5.74, 6) is 0.160. The van der Waals surface area contributed by atoms with E-state index >= 15 is 0 Å². The lowest BCUT2D eigenvalue weighted by atomic mass is 9.97. The van der Waals surface area contributed by atoms with Gasteiger partial charge >= 0.3 is 0 Å². The molecule has 0 aliphatic heterocycles. The Morgan fingerprint density at radius 3 is 2.08 bits per heavy atom. The first-order chi connectivity index (χ1) is 12.8. The van der Waals surface area contributed by atoms with Gasteiger partial charge in [-0.15, -0.1) is 0 Å². The van der Waals surface area contributed by atoms with Crippen LogP contribution >= 0.6 is 0 Å². The molecule has 0 aliphatic rings. The van der Waals surface area contributed by atoms with Crippen molar-refractivity contribution in [3.63, 3.8) is 0 Å². The van der Waals surface area contributed by atoms with Gasteiger partial charge < -0.3 is 0 Å². The summed E-state index contributed by atoms with van der Waals surface area (Å²) in [7, 11) is 0. The molecule has 0 saturated heterocycles. The fourth-order valence-electron chi connectivity index (χ4n) is 3.35. The van der Waals surface area contributed by atoms with E-state index in [-0.39, 0.29) is 5.78 Å². The fraction of sp³-hybridized carbons (Fsp3) is 0.0800. The molecule has 0 heterocycles. The second-order valence-electron chi connectivity index (χ2n) is 6.60. The summed E-state index contributed by atoms with van der Waals surface area (Å²) < 4.78 is 0. The highest BCUT2D eigenvalue weighted by Gasteiger charge is 2.07. The first-order valence-electron chi connectivity index (χ1n) is 8.92. The molecule has 0 saturated carbocycles. The number of carbonyl (C=O) groups is 1. The van der Waals surface area contributed by atoms with Crippen LogP contribution in [0.5, 0.6) is 0 Å². The molecular weight excluding hydrogens is 316 g/mol. The molecule has 4 rings (SSSR count). The first kappa shape index (κ1) is 16.3. The quantitative estimate of drug-likeness (QED) is 0.417. The second kappa shape index (κ2) is 7.37. The number of Topliss-reactive ketones (excluding diaryl/α,β-unsaturated/α-hetero) is 1. The van der Waals surface area contributed by atoms with Gasteiger partial charge in [-0.1, -0.05) is 97.1 Å². The SMILES string of the molecule is O=C(Cc1ccc(Cc2cccc3ccccc23)cc1)c1ccccc1. The smallest absolute Gasteiger partial charge is 0.167 e. The van der Waals surface area contributed by atoms with E-state index in [0.717, 1.165) is 17.5 Å². The van der Waals surface area contributed by atoms with E-state index in [2.05, 4.69) is 66.7 Å². The van der Waals surface area contributed by atoms with E-state index in [9.17, 15) is 4.79 Å². The minimum atomic E-state index is 0.160. The van der Waals surface area contributed by atoms with Gasteiger partial charge in [0.1, 0.15) is 0 Å². The molecule has 0 aromatic heterocycles. The van der Waals surface area contributed by atoms with Crippen LogP contribution in [0, 0.1) is 0 Å². The predicted octanol–water partition coefficient (Wildman–Crippen LogP) is 5.86. The monoisotopic (exact) mass is 336 g/mol. The Bertz CT molecular complexity index is 1030. The molecule has 0 atom stereocenters. The predicted molar refractivity (Wildman–Crippen MR) is 108 cm³/mol. The molecule has 0 N–H and O–H groups in total. The van der Waals surface area contributed by atoms with Crippen LogP contribution in [0.2, 0.25) is 0 Å². The first-order valence-corrected chi connectivity index (χ1v) is 8.92. The van der Waals surface area contributed by atoms with Crippen LogP contribution in [-0.4, -0.2) is 5.78 Å². The molecular formula is C25H20O. The Morgan fingerprint density at radius 2 is 1.27 bits per heavy atom. The molecule has 0 fully saturated rings. The number of carbonyl (C=O) groups excluding carboxylic acids is 1. The van der Waals surface area contributed by atoms with Crippen molar-refractivity contribution in [1.29, 1.82) is 0 Å². The van der Waals surface area contributed by atoms with Crippen molar-refractivity contribution in [2.45, 2.75) is 12.8 Å². The van der Waals surface area contributed by atoms with Crippen LogP contribution in [-0.2, 0) is 12.8 Å². The van der Waals surface area contributed by atoms with E-state index in [1.165, 1.54) is 21.9 Å². The third-order valence-corrected chi connectivity index (χ3v) is 4.76. The maximum Gasteiger partial charge on any atom is 0.167 e. The maximum absolute atomic E-state index is 12.3. The van der Waals surface area contributed by atoms with Crippen LogP contribution in [0.1, 0.15) is 27.0 Å². The molecule has 0 spiro atoms. The largest absolute Gasteiger partial charge is 0.294 e. The third kappa shape index (κ3) is 3.57. The Kier molecular flexibility index (Phi) is 4.61. The van der Waals surface area contributed by atoms with Crippen molar-refractivity contribution < 1.29 is 4.79 Å². The van der Waals surface area contributed by atoms with Gasteiger partial charge in [-0.05, 0) is 33.9 Å². The number of hydrogen-bond acceptors (Lipinski definition) is 1. The zero-order valence-corrected chi connectivity index (χ0v) is 14.6. The molecule has 0 radical (unpaired) electrons. The maximum atomic E-state index is 12.3. The Hall–Kier alpha value is -3.19. The minimum absolute atomic E-state index is 0.160. The molecule has 126 valence electrons. The van der Waals surface area contributed by atoms with E-state index in [0.29, 0.717) is 6.42 Å². The van der Waals surface area contributed by atoms with E-state index in [4.69, 9.17) is 0 Å². The zero-order valence-electron chi connectivity index (χ0n) is 14.6.